The van der Waals surface area contributed by atoms with Gasteiger partial charge in [0, 0.05) is 11.9 Å². The van der Waals surface area contributed by atoms with Crippen molar-refractivity contribution in [3.63, 3.8) is 0 Å². The van der Waals surface area contributed by atoms with Gasteiger partial charge in [-0.15, -0.1) is 0 Å². The van der Waals surface area contributed by atoms with E-state index in [1.54, 1.807) is 12.1 Å². The summed E-state index contributed by atoms with van der Waals surface area (Å²) < 4.78 is 4.50. The molecule has 3 N–H and O–H groups in total. The quantitative estimate of drug-likeness (QED) is 0.633. The van der Waals surface area contributed by atoms with E-state index in [2.05, 4.69) is 15.0 Å². The molecule has 0 aliphatic heterocycles. The average Bonchev–Trinajstić information content (AvgIpc) is 2.48. The van der Waals surface area contributed by atoms with Gasteiger partial charge in [0.25, 0.3) is 0 Å². The largest absolute Gasteiger partial charge is 0.469 e. The highest BCUT2D eigenvalue weighted by molar-refractivity contribution is 5.89. The number of nitrogens with zero attached hydrogens (tertiary/aromatic N) is 1. The molecule has 0 saturated heterocycles. The summed E-state index contributed by atoms with van der Waals surface area (Å²) in [4.78, 5) is 27.1. The number of ether oxygens (including phenoxy) is 1. The van der Waals surface area contributed by atoms with E-state index in [0.29, 0.717) is 16.9 Å². The molecular weight excluding hydrogens is 270 g/mol. The number of anilines is 1. The van der Waals surface area contributed by atoms with Crippen LogP contribution in [0, 0.1) is 0 Å². The summed E-state index contributed by atoms with van der Waals surface area (Å²) in [5.74, 6) is -0.549. The van der Waals surface area contributed by atoms with Gasteiger partial charge >= 0.3 is 5.97 Å². The van der Waals surface area contributed by atoms with E-state index in [-0.39, 0.29) is 31.3 Å². The van der Waals surface area contributed by atoms with Gasteiger partial charge in [0.2, 0.25) is 5.91 Å². The van der Waals surface area contributed by atoms with Crippen LogP contribution in [0.1, 0.15) is 12.1 Å². The lowest BCUT2D eigenvalue weighted by Crippen LogP contribution is -2.28. The lowest BCUT2D eigenvalue weighted by atomic mass is 10.1. The third-order valence-corrected chi connectivity index (χ3v) is 3.03. The number of hydrogen-bond donors (Lipinski definition) is 2. The van der Waals surface area contributed by atoms with Crippen molar-refractivity contribution in [3.05, 3.63) is 36.0 Å². The first-order valence-electron chi connectivity index (χ1n) is 6.58. The molecule has 0 aliphatic carbocycles. The Kier molecular flexibility index (Phi) is 4.71. The molecule has 1 aromatic carbocycles. The van der Waals surface area contributed by atoms with Gasteiger partial charge < -0.3 is 15.8 Å². The van der Waals surface area contributed by atoms with Crippen LogP contribution in [0.2, 0.25) is 0 Å². The second-order valence-electron chi connectivity index (χ2n) is 4.57. The maximum Gasteiger partial charge on any atom is 0.307 e. The monoisotopic (exact) mass is 287 g/mol. The number of methoxy groups -OCH3 is 1. The standard InChI is InChI=1S/C15H17N3O3/c1-21-14(20)7-8-17-13(19)9-11-6-5-10-3-2-4-12(16)15(10)18-11/h2-6H,7-9,16H2,1H3,(H,17,19). The maximum absolute atomic E-state index is 11.8. The molecule has 2 aromatic rings. The molecule has 1 aromatic heterocycles. The van der Waals surface area contributed by atoms with Crippen LogP contribution in [0.4, 0.5) is 5.69 Å². The Balaban J connectivity index is 1.98. The number of esters is 1. The van der Waals surface area contributed by atoms with Crippen LogP contribution in [0.5, 0.6) is 0 Å². The molecule has 21 heavy (non-hydrogen) atoms. The lowest BCUT2D eigenvalue weighted by molar-refractivity contribution is -0.140. The number of carbonyl (C=O) groups is 2. The van der Waals surface area contributed by atoms with Crippen molar-refractivity contribution in [1.82, 2.24) is 10.3 Å². The van der Waals surface area contributed by atoms with Gasteiger partial charge in [-0.1, -0.05) is 18.2 Å². The first kappa shape index (κ1) is 14.8. The first-order valence-corrected chi connectivity index (χ1v) is 6.58. The number of carbonyl (C=O) groups excluding carboxylic acids is 2. The zero-order valence-corrected chi connectivity index (χ0v) is 11.8. The Morgan fingerprint density at radius 3 is 2.86 bits per heavy atom. The third kappa shape index (κ3) is 3.92. The summed E-state index contributed by atoms with van der Waals surface area (Å²) in [5.41, 5.74) is 7.78. The number of nitrogen functional groups attached to an aromatic ring is 1. The number of pyridine rings is 1. The van der Waals surface area contributed by atoms with Crippen molar-refractivity contribution < 1.29 is 14.3 Å². The van der Waals surface area contributed by atoms with Gasteiger partial charge in [-0.25, -0.2) is 0 Å². The molecule has 0 bridgehead atoms. The summed E-state index contributed by atoms with van der Waals surface area (Å²) in [6.07, 6.45) is 0.297. The molecule has 0 fully saturated rings. The van der Waals surface area contributed by atoms with Crippen molar-refractivity contribution in [2.45, 2.75) is 12.8 Å². The van der Waals surface area contributed by atoms with Crippen molar-refractivity contribution in [2.75, 3.05) is 19.4 Å². The molecule has 0 saturated carbocycles. The summed E-state index contributed by atoms with van der Waals surface area (Å²) in [6, 6.07) is 9.23. The highest BCUT2D eigenvalue weighted by Crippen LogP contribution is 2.18. The maximum atomic E-state index is 11.8. The van der Waals surface area contributed by atoms with Gasteiger partial charge in [-0.3, -0.25) is 14.6 Å². The number of rotatable bonds is 5. The predicted octanol–water partition coefficient (Wildman–Crippen LogP) is 1.04. The Morgan fingerprint density at radius 1 is 1.29 bits per heavy atom. The van der Waals surface area contributed by atoms with Crippen LogP contribution < -0.4 is 11.1 Å². The fraction of sp³-hybridized carbons (Fsp3) is 0.267. The highest BCUT2D eigenvalue weighted by Gasteiger charge is 2.07. The fourth-order valence-corrected chi connectivity index (χ4v) is 1.94. The van der Waals surface area contributed by atoms with Gasteiger partial charge in [0.05, 0.1) is 36.8 Å². The van der Waals surface area contributed by atoms with Crippen molar-refractivity contribution >= 4 is 28.5 Å². The van der Waals surface area contributed by atoms with E-state index in [4.69, 9.17) is 5.73 Å². The van der Waals surface area contributed by atoms with E-state index in [1.165, 1.54) is 7.11 Å². The molecular formula is C15H17N3O3. The predicted molar refractivity (Wildman–Crippen MR) is 79.5 cm³/mol. The minimum Gasteiger partial charge on any atom is -0.469 e. The number of aromatic nitrogens is 1. The van der Waals surface area contributed by atoms with Crippen LogP contribution in [0.15, 0.2) is 30.3 Å². The second-order valence-corrected chi connectivity index (χ2v) is 4.57. The van der Waals surface area contributed by atoms with Crippen LogP contribution in [-0.4, -0.2) is 30.5 Å². The zero-order valence-electron chi connectivity index (χ0n) is 11.8. The number of amides is 1. The van der Waals surface area contributed by atoms with Gasteiger partial charge in [-0.05, 0) is 12.1 Å². The number of fused-ring (bicyclic) bond motifs is 1. The number of benzene rings is 1. The minimum atomic E-state index is -0.355. The number of nitrogens with two attached hydrogens (primary N) is 1. The molecule has 0 spiro atoms. The summed E-state index contributed by atoms with van der Waals surface area (Å²) in [5, 5.41) is 3.58. The van der Waals surface area contributed by atoms with E-state index in [1.807, 2.05) is 18.2 Å². The molecule has 6 heteroatoms. The summed E-state index contributed by atoms with van der Waals surface area (Å²) in [6.45, 7) is 0.251. The van der Waals surface area contributed by atoms with Gasteiger partial charge in [0.15, 0.2) is 0 Å². The van der Waals surface area contributed by atoms with Gasteiger partial charge in [-0.2, -0.15) is 0 Å². The number of para-hydroxylation sites is 1. The first-order chi connectivity index (χ1) is 10.1. The summed E-state index contributed by atoms with van der Waals surface area (Å²) >= 11 is 0. The fourth-order valence-electron chi connectivity index (χ4n) is 1.94. The van der Waals surface area contributed by atoms with Crippen molar-refractivity contribution in [2.24, 2.45) is 0 Å². The second kappa shape index (κ2) is 6.69. The van der Waals surface area contributed by atoms with Crippen LogP contribution >= 0.6 is 0 Å². The molecule has 1 amide bonds. The average molecular weight is 287 g/mol. The van der Waals surface area contributed by atoms with E-state index >= 15 is 0 Å². The molecule has 0 radical (unpaired) electrons. The van der Waals surface area contributed by atoms with E-state index in [0.717, 1.165) is 5.39 Å². The molecule has 110 valence electrons. The van der Waals surface area contributed by atoms with E-state index in [9.17, 15) is 9.59 Å². The summed E-state index contributed by atoms with van der Waals surface area (Å²) in [7, 11) is 1.31. The molecule has 1 heterocycles. The van der Waals surface area contributed by atoms with Crippen molar-refractivity contribution in [3.8, 4) is 0 Å². The van der Waals surface area contributed by atoms with Crippen LogP contribution in [0.25, 0.3) is 10.9 Å². The topological polar surface area (TPSA) is 94.3 Å². The number of nitrogens with one attached hydrogen (secondary N) is 1. The SMILES string of the molecule is COC(=O)CCNC(=O)Cc1ccc2cccc(N)c2n1. The van der Waals surface area contributed by atoms with Crippen LogP contribution in [0.3, 0.4) is 0 Å². The van der Waals surface area contributed by atoms with Crippen molar-refractivity contribution in [1.29, 1.82) is 0 Å². The molecule has 0 aliphatic rings. The Hall–Kier alpha value is -2.63. The Morgan fingerprint density at radius 2 is 2.10 bits per heavy atom. The smallest absolute Gasteiger partial charge is 0.307 e. The minimum absolute atomic E-state index is 0.144. The number of hydrogen-bond acceptors (Lipinski definition) is 5. The zero-order chi connectivity index (χ0) is 15.2. The van der Waals surface area contributed by atoms with E-state index < -0.39 is 0 Å². The molecule has 0 atom stereocenters. The molecule has 0 unspecified atom stereocenters. The Bertz CT molecular complexity index is 670. The Labute approximate surface area is 122 Å². The normalized spacial score (nSPS) is 10.3. The molecule has 2 rings (SSSR count). The van der Waals surface area contributed by atoms with Gasteiger partial charge in [0.1, 0.15) is 0 Å². The highest BCUT2D eigenvalue weighted by atomic mass is 16.5. The third-order valence-electron chi connectivity index (χ3n) is 3.03. The lowest BCUT2D eigenvalue weighted by Gasteiger charge is -2.06. The van der Waals surface area contributed by atoms with Crippen LogP contribution in [-0.2, 0) is 20.7 Å². The molecule has 6 nitrogen and oxygen atoms in total.